The van der Waals surface area contributed by atoms with Crippen LogP contribution < -0.4 is 0 Å². The van der Waals surface area contributed by atoms with E-state index in [1.807, 2.05) is 6.08 Å². The summed E-state index contributed by atoms with van der Waals surface area (Å²) in [4.78, 5) is 27.1. The molecule has 1 heterocycles. The Kier molecular flexibility index (Phi) is 5.04. The van der Waals surface area contributed by atoms with Crippen molar-refractivity contribution in [2.45, 2.75) is 12.8 Å². The molecule has 0 aromatic carbocycles. The molecule has 6 nitrogen and oxygen atoms in total. The molecule has 130 valence electrons. The largest absolute Gasteiger partial charge is 0.465 e. The SMILES string of the molecule is COC(=O)C1=CCC2C=CCC2C(N2CCOCC2)=C1C(=O)OC. The number of fused-ring (bicyclic) bond motifs is 1. The van der Waals surface area contributed by atoms with Gasteiger partial charge in [-0.25, -0.2) is 9.59 Å². The van der Waals surface area contributed by atoms with Crippen molar-refractivity contribution in [1.82, 2.24) is 4.90 Å². The zero-order valence-electron chi connectivity index (χ0n) is 14.1. The van der Waals surface area contributed by atoms with Gasteiger partial charge in [0.2, 0.25) is 0 Å². The molecule has 24 heavy (non-hydrogen) atoms. The molecule has 2 unspecified atom stereocenters. The maximum absolute atomic E-state index is 12.6. The van der Waals surface area contributed by atoms with Crippen molar-refractivity contribution in [3.63, 3.8) is 0 Å². The van der Waals surface area contributed by atoms with Gasteiger partial charge in [0.25, 0.3) is 0 Å². The van der Waals surface area contributed by atoms with Crippen LogP contribution in [-0.2, 0) is 23.8 Å². The van der Waals surface area contributed by atoms with Gasteiger partial charge in [0.1, 0.15) is 0 Å². The fourth-order valence-electron chi connectivity index (χ4n) is 3.75. The Morgan fingerprint density at radius 3 is 2.50 bits per heavy atom. The fourth-order valence-corrected chi connectivity index (χ4v) is 3.75. The number of hydrogen-bond donors (Lipinski definition) is 0. The minimum Gasteiger partial charge on any atom is -0.465 e. The Labute approximate surface area is 141 Å². The number of esters is 2. The van der Waals surface area contributed by atoms with Crippen LogP contribution in [0.5, 0.6) is 0 Å². The lowest BCUT2D eigenvalue weighted by molar-refractivity contribution is -0.139. The normalized spacial score (nSPS) is 26.6. The number of hydrogen-bond acceptors (Lipinski definition) is 6. The third-order valence-electron chi connectivity index (χ3n) is 4.91. The van der Waals surface area contributed by atoms with Crippen LogP contribution in [0.1, 0.15) is 12.8 Å². The van der Waals surface area contributed by atoms with E-state index in [-0.39, 0.29) is 11.8 Å². The van der Waals surface area contributed by atoms with Gasteiger partial charge >= 0.3 is 11.9 Å². The number of rotatable bonds is 3. The summed E-state index contributed by atoms with van der Waals surface area (Å²) in [6.45, 7) is 2.63. The van der Waals surface area contributed by atoms with Gasteiger partial charge in [-0.15, -0.1) is 0 Å². The highest BCUT2D eigenvalue weighted by Gasteiger charge is 2.39. The van der Waals surface area contributed by atoms with Crippen molar-refractivity contribution in [3.05, 3.63) is 35.1 Å². The Morgan fingerprint density at radius 1 is 1.12 bits per heavy atom. The van der Waals surface area contributed by atoms with Gasteiger partial charge in [-0.3, -0.25) is 0 Å². The summed E-state index contributed by atoms with van der Waals surface area (Å²) >= 11 is 0. The highest BCUT2D eigenvalue weighted by molar-refractivity contribution is 6.07. The molecule has 3 rings (SSSR count). The molecule has 1 saturated heterocycles. The quantitative estimate of drug-likeness (QED) is 0.575. The lowest BCUT2D eigenvalue weighted by Gasteiger charge is -2.36. The van der Waals surface area contributed by atoms with Crippen LogP contribution in [0, 0.1) is 11.8 Å². The number of ether oxygens (including phenoxy) is 3. The third-order valence-corrected chi connectivity index (χ3v) is 4.91. The van der Waals surface area contributed by atoms with E-state index < -0.39 is 11.9 Å². The lowest BCUT2D eigenvalue weighted by atomic mass is 9.88. The Morgan fingerprint density at radius 2 is 1.83 bits per heavy atom. The fraction of sp³-hybridized carbons (Fsp3) is 0.556. The molecular formula is C18H23NO5. The van der Waals surface area contributed by atoms with Crippen molar-refractivity contribution in [2.24, 2.45) is 11.8 Å². The van der Waals surface area contributed by atoms with Crippen molar-refractivity contribution in [3.8, 4) is 0 Å². The van der Waals surface area contributed by atoms with E-state index in [0.717, 1.165) is 12.1 Å². The van der Waals surface area contributed by atoms with Crippen molar-refractivity contribution in [2.75, 3.05) is 40.5 Å². The first-order valence-electron chi connectivity index (χ1n) is 8.28. The van der Waals surface area contributed by atoms with E-state index in [2.05, 4.69) is 17.1 Å². The third kappa shape index (κ3) is 2.98. The summed E-state index contributed by atoms with van der Waals surface area (Å²) in [5, 5.41) is 0. The van der Waals surface area contributed by atoms with Gasteiger partial charge in [0, 0.05) is 24.7 Å². The number of methoxy groups -OCH3 is 2. The highest BCUT2D eigenvalue weighted by atomic mass is 16.5. The Bertz CT molecular complexity index is 613. The molecule has 6 heteroatoms. The van der Waals surface area contributed by atoms with Crippen LogP contribution in [0.15, 0.2) is 35.1 Å². The smallest absolute Gasteiger partial charge is 0.340 e. The minimum absolute atomic E-state index is 0.176. The van der Waals surface area contributed by atoms with Gasteiger partial charge in [-0.05, 0) is 18.8 Å². The average Bonchev–Trinajstić information content (AvgIpc) is 3.02. The molecule has 0 amide bonds. The second kappa shape index (κ2) is 7.21. The second-order valence-electron chi connectivity index (χ2n) is 6.13. The van der Waals surface area contributed by atoms with Gasteiger partial charge in [0.15, 0.2) is 0 Å². The maximum Gasteiger partial charge on any atom is 0.340 e. The van der Waals surface area contributed by atoms with Gasteiger partial charge < -0.3 is 19.1 Å². The maximum atomic E-state index is 12.6. The minimum atomic E-state index is -0.495. The molecule has 1 aliphatic heterocycles. The number of carbonyl (C=O) groups is 2. The monoisotopic (exact) mass is 333 g/mol. The summed E-state index contributed by atoms with van der Waals surface area (Å²) in [6.07, 6.45) is 7.72. The van der Waals surface area contributed by atoms with Crippen LogP contribution in [0.2, 0.25) is 0 Å². The second-order valence-corrected chi connectivity index (χ2v) is 6.13. The van der Waals surface area contributed by atoms with Crippen LogP contribution in [0.3, 0.4) is 0 Å². The predicted molar refractivity (Wildman–Crippen MR) is 86.9 cm³/mol. The molecule has 0 radical (unpaired) electrons. The molecule has 0 N–H and O–H groups in total. The number of morpholine rings is 1. The highest BCUT2D eigenvalue weighted by Crippen LogP contribution is 2.42. The summed E-state index contributed by atoms with van der Waals surface area (Å²) in [7, 11) is 2.68. The number of nitrogens with zero attached hydrogens (tertiary/aromatic N) is 1. The van der Waals surface area contributed by atoms with Crippen LogP contribution in [0.25, 0.3) is 0 Å². The van der Waals surface area contributed by atoms with Crippen LogP contribution in [0.4, 0.5) is 0 Å². The van der Waals surface area contributed by atoms with Gasteiger partial charge in [-0.2, -0.15) is 0 Å². The lowest BCUT2D eigenvalue weighted by Crippen LogP contribution is -2.40. The molecule has 2 aliphatic carbocycles. The zero-order chi connectivity index (χ0) is 17.1. The van der Waals surface area contributed by atoms with Crippen molar-refractivity contribution >= 4 is 11.9 Å². The summed E-state index contributed by atoms with van der Waals surface area (Å²) in [6, 6.07) is 0. The Hall–Kier alpha value is -2.08. The molecule has 0 aromatic rings. The summed E-state index contributed by atoms with van der Waals surface area (Å²) < 4.78 is 15.4. The number of carbonyl (C=O) groups excluding carboxylic acids is 2. The Balaban J connectivity index is 2.14. The molecule has 0 aromatic heterocycles. The topological polar surface area (TPSA) is 65.1 Å². The van der Waals surface area contributed by atoms with E-state index in [9.17, 15) is 9.59 Å². The number of allylic oxidation sites excluding steroid dienone is 4. The first kappa shape index (κ1) is 16.8. The summed E-state index contributed by atoms with van der Waals surface area (Å²) in [5.41, 5.74) is 1.56. The molecule has 2 atom stereocenters. The van der Waals surface area contributed by atoms with Crippen molar-refractivity contribution < 1.29 is 23.8 Å². The van der Waals surface area contributed by atoms with E-state index >= 15 is 0 Å². The zero-order valence-corrected chi connectivity index (χ0v) is 14.1. The van der Waals surface area contributed by atoms with E-state index in [1.165, 1.54) is 14.2 Å². The van der Waals surface area contributed by atoms with E-state index in [1.54, 1.807) is 0 Å². The van der Waals surface area contributed by atoms with Gasteiger partial charge in [0.05, 0.1) is 38.6 Å². The molecular weight excluding hydrogens is 310 g/mol. The first-order valence-corrected chi connectivity index (χ1v) is 8.28. The molecule has 0 bridgehead atoms. The predicted octanol–water partition coefficient (Wildman–Crippen LogP) is 1.44. The van der Waals surface area contributed by atoms with Gasteiger partial charge in [-0.1, -0.05) is 18.2 Å². The molecule has 0 saturated carbocycles. The average molecular weight is 333 g/mol. The van der Waals surface area contributed by atoms with Crippen LogP contribution in [-0.4, -0.2) is 57.4 Å². The molecule has 1 fully saturated rings. The van der Waals surface area contributed by atoms with Crippen LogP contribution >= 0.6 is 0 Å². The van der Waals surface area contributed by atoms with E-state index in [0.29, 0.717) is 43.9 Å². The standard InChI is InChI=1S/C18H23NO5/c1-22-17(20)14-7-6-12-4-3-5-13(12)16(15(14)18(21)23-2)19-8-10-24-11-9-19/h3-4,7,12-13H,5-6,8-11H2,1-2H3. The first-order chi connectivity index (χ1) is 11.7. The van der Waals surface area contributed by atoms with E-state index in [4.69, 9.17) is 14.2 Å². The molecule has 0 spiro atoms. The van der Waals surface area contributed by atoms with Crippen molar-refractivity contribution in [1.29, 1.82) is 0 Å². The molecule has 3 aliphatic rings. The summed E-state index contributed by atoms with van der Waals surface area (Å²) in [5.74, 6) is -0.522.